The molecule has 0 heterocycles. The highest BCUT2D eigenvalue weighted by atomic mass is 16.4. The molecule has 1 atom stereocenters. The lowest BCUT2D eigenvalue weighted by atomic mass is 9.81. The molecule has 1 rings (SSSR count). The number of rotatable bonds is 4. The highest BCUT2D eigenvalue weighted by molar-refractivity contribution is 5.28. The molecular weight excluding hydrogens is 204 g/mol. The van der Waals surface area contributed by atoms with Crippen molar-refractivity contribution in [2.45, 2.75) is 38.5 Å². The summed E-state index contributed by atoms with van der Waals surface area (Å²) >= 11 is 0. The van der Waals surface area contributed by atoms with E-state index in [0.29, 0.717) is 12.1 Å². The Labute approximate surface area is 95.4 Å². The van der Waals surface area contributed by atoms with Crippen LogP contribution in [0.2, 0.25) is 0 Å². The summed E-state index contributed by atoms with van der Waals surface area (Å²) in [6, 6.07) is 7.10. The van der Waals surface area contributed by atoms with Crippen molar-refractivity contribution in [1.82, 2.24) is 0 Å². The van der Waals surface area contributed by atoms with Crippen LogP contribution < -0.4 is 0 Å². The fourth-order valence-electron chi connectivity index (χ4n) is 1.38. The normalized spacial score (nSPS) is 15.6. The zero-order valence-corrected chi connectivity index (χ0v) is 9.86. The molecule has 0 aromatic heterocycles. The largest absolute Gasteiger partial charge is 0.387 e. The van der Waals surface area contributed by atoms with E-state index >= 15 is 0 Å². The van der Waals surface area contributed by atoms with Crippen LogP contribution in [0, 0.1) is 5.53 Å². The van der Waals surface area contributed by atoms with Crippen LogP contribution in [0.15, 0.2) is 29.4 Å². The highest BCUT2D eigenvalue weighted by Gasteiger charge is 2.38. The van der Waals surface area contributed by atoms with E-state index in [1.54, 1.807) is 45.0 Å². The second-order valence-electron chi connectivity index (χ2n) is 4.64. The Morgan fingerprint density at radius 1 is 1.12 bits per heavy atom. The van der Waals surface area contributed by atoms with Gasteiger partial charge in [0.1, 0.15) is 5.60 Å². The molecule has 3 N–H and O–H groups in total. The smallest absolute Gasteiger partial charge is 0.115 e. The molecule has 0 amide bonds. The van der Waals surface area contributed by atoms with Crippen LogP contribution >= 0.6 is 0 Å². The van der Waals surface area contributed by atoms with E-state index in [-0.39, 0.29) is 0 Å². The minimum absolute atomic E-state index is 0.338. The van der Waals surface area contributed by atoms with E-state index in [2.05, 4.69) is 5.11 Å². The van der Waals surface area contributed by atoms with Gasteiger partial charge >= 0.3 is 0 Å². The van der Waals surface area contributed by atoms with E-state index in [1.165, 1.54) is 0 Å². The van der Waals surface area contributed by atoms with E-state index in [0.717, 1.165) is 5.56 Å². The topological polar surface area (TPSA) is 76.7 Å². The van der Waals surface area contributed by atoms with Crippen molar-refractivity contribution >= 4 is 0 Å². The zero-order chi connectivity index (χ0) is 12.4. The minimum Gasteiger partial charge on any atom is -0.387 e. The van der Waals surface area contributed by atoms with Crippen molar-refractivity contribution in [2.75, 3.05) is 0 Å². The molecule has 0 radical (unpaired) electrons. The molecule has 0 aliphatic heterocycles. The number of nitrogens with zero attached hydrogens (tertiary/aromatic N) is 1. The van der Waals surface area contributed by atoms with Crippen LogP contribution in [0.5, 0.6) is 0 Å². The molecule has 1 aromatic carbocycles. The average molecular weight is 222 g/mol. The molecule has 0 spiro atoms. The van der Waals surface area contributed by atoms with E-state index in [9.17, 15) is 10.2 Å². The van der Waals surface area contributed by atoms with Gasteiger partial charge < -0.3 is 10.2 Å². The van der Waals surface area contributed by atoms with Crippen LogP contribution in [-0.4, -0.2) is 15.8 Å². The Morgan fingerprint density at radius 2 is 1.62 bits per heavy atom. The van der Waals surface area contributed by atoms with Gasteiger partial charge in [0.05, 0.1) is 12.1 Å². The van der Waals surface area contributed by atoms with Crippen LogP contribution in [0.3, 0.4) is 0 Å². The van der Waals surface area contributed by atoms with E-state index in [1.807, 2.05) is 0 Å². The van der Waals surface area contributed by atoms with Crippen LogP contribution in [0.4, 0.5) is 0 Å². The lowest BCUT2D eigenvalue weighted by molar-refractivity contribution is -0.125. The predicted octanol–water partition coefficient (Wildman–Crippen LogP) is 2.20. The fraction of sp³-hybridized carbons (Fsp3) is 0.500. The van der Waals surface area contributed by atoms with E-state index in [4.69, 9.17) is 5.53 Å². The van der Waals surface area contributed by atoms with Gasteiger partial charge in [-0.2, -0.15) is 5.11 Å². The Bertz CT molecular complexity index is 364. The number of aliphatic hydroxyl groups is 2. The maximum Gasteiger partial charge on any atom is 0.115 e. The first-order chi connectivity index (χ1) is 7.29. The first-order valence-corrected chi connectivity index (χ1v) is 5.16. The summed E-state index contributed by atoms with van der Waals surface area (Å²) in [5.41, 5.74) is 5.79. The molecule has 1 aromatic rings. The van der Waals surface area contributed by atoms with E-state index < -0.39 is 11.2 Å². The second kappa shape index (κ2) is 4.31. The minimum atomic E-state index is -1.30. The summed E-state index contributed by atoms with van der Waals surface area (Å²) < 4.78 is 0. The van der Waals surface area contributed by atoms with Crippen molar-refractivity contribution in [3.8, 4) is 0 Å². The standard InChI is InChI=1S/C12H18N2O2/c1-11(2,15)12(3,16)10-6-4-9(5-7-10)8-14-13/h4-7,13,15-16H,8H2,1-3H3. The van der Waals surface area contributed by atoms with Gasteiger partial charge in [-0.15, -0.1) is 0 Å². The molecule has 88 valence electrons. The van der Waals surface area contributed by atoms with Crippen LogP contribution in [-0.2, 0) is 12.1 Å². The fourth-order valence-corrected chi connectivity index (χ4v) is 1.38. The summed E-state index contributed by atoms with van der Waals surface area (Å²) in [6.07, 6.45) is 0. The summed E-state index contributed by atoms with van der Waals surface area (Å²) in [4.78, 5) is 0. The van der Waals surface area contributed by atoms with Crippen molar-refractivity contribution in [1.29, 1.82) is 5.53 Å². The summed E-state index contributed by atoms with van der Waals surface area (Å²) in [6.45, 7) is 5.06. The third-order valence-corrected chi connectivity index (χ3v) is 2.97. The van der Waals surface area contributed by atoms with Crippen molar-refractivity contribution in [2.24, 2.45) is 5.11 Å². The van der Waals surface area contributed by atoms with Gasteiger partial charge in [-0.25, -0.2) is 5.53 Å². The maximum atomic E-state index is 10.2. The number of nitrogens with one attached hydrogen (secondary N) is 1. The van der Waals surface area contributed by atoms with Crippen LogP contribution in [0.25, 0.3) is 0 Å². The first kappa shape index (κ1) is 12.8. The second-order valence-corrected chi connectivity index (χ2v) is 4.64. The van der Waals surface area contributed by atoms with Gasteiger partial charge in [0, 0.05) is 0 Å². The Hall–Kier alpha value is -1.26. The molecule has 0 saturated carbocycles. The molecule has 0 aliphatic rings. The van der Waals surface area contributed by atoms with Crippen molar-refractivity contribution < 1.29 is 10.2 Å². The molecular formula is C12H18N2O2. The lowest BCUT2D eigenvalue weighted by Crippen LogP contribution is -2.44. The van der Waals surface area contributed by atoms with Gasteiger partial charge in [0.15, 0.2) is 0 Å². The molecule has 4 heteroatoms. The number of benzene rings is 1. The SMILES string of the molecule is CC(C)(O)C(C)(O)c1ccc(CN=N)cc1. The monoisotopic (exact) mass is 222 g/mol. The molecule has 16 heavy (non-hydrogen) atoms. The third kappa shape index (κ3) is 2.46. The Balaban J connectivity index is 3.01. The number of hydrogen-bond donors (Lipinski definition) is 3. The van der Waals surface area contributed by atoms with Gasteiger partial charge in [0.25, 0.3) is 0 Å². The van der Waals surface area contributed by atoms with Crippen LogP contribution in [0.1, 0.15) is 31.9 Å². The molecule has 0 saturated heterocycles. The number of hydrogen-bond acceptors (Lipinski definition) is 4. The predicted molar refractivity (Wildman–Crippen MR) is 61.2 cm³/mol. The van der Waals surface area contributed by atoms with Gasteiger partial charge in [-0.3, -0.25) is 0 Å². The lowest BCUT2D eigenvalue weighted by Gasteiger charge is -2.36. The average Bonchev–Trinajstić information content (AvgIpc) is 2.17. The summed E-state index contributed by atoms with van der Waals surface area (Å²) in [7, 11) is 0. The Kier molecular flexibility index (Phi) is 3.45. The first-order valence-electron chi connectivity index (χ1n) is 5.16. The molecule has 4 nitrogen and oxygen atoms in total. The molecule has 0 fully saturated rings. The van der Waals surface area contributed by atoms with Crippen molar-refractivity contribution in [3.63, 3.8) is 0 Å². The Morgan fingerprint density at radius 3 is 2.00 bits per heavy atom. The summed E-state index contributed by atoms with van der Waals surface area (Å²) in [5, 5.41) is 23.4. The van der Waals surface area contributed by atoms with Crippen molar-refractivity contribution in [3.05, 3.63) is 35.4 Å². The molecule has 0 bridgehead atoms. The summed E-state index contributed by atoms with van der Waals surface area (Å²) in [5.74, 6) is 0. The third-order valence-electron chi connectivity index (χ3n) is 2.97. The molecule has 0 aliphatic carbocycles. The quantitative estimate of drug-likeness (QED) is 0.683. The van der Waals surface area contributed by atoms with Gasteiger partial charge in [-0.05, 0) is 31.9 Å². The van der Waals surface area contributed by atoms with Gasteiger partial charge in [-0.1, -0.05) is 24.3 Å². The molecule has 1 unspecified atom stereocenters. The highest BCUT2D eigenvalue weighted by Crippen LogP contribution is 2.32. The zero-order valence-electron chi connectivity index (χ0n) is 9.86. The van der Waals surface area contributed by atoms with Gasteiger partial charge in [0.2, 0.25) is 0 Å². The maximum absolute atomic E-state index is 10.2.